The maximum atomic E-state index is 12.7. The van der Waals surface area contributed by atoms with Crippen molar-refractivity contribution in [2.45, 2.75) is 20.4 Å². The summed E-state index contributed by atoms with van der Waals surface area (Å²) in [6.45, 7) is 0.641. The number of nitrogens with zero attached hydrogens (tertiary/aromatic N) is 2. The molecule has 0 aliphatic heterocycles. The molecule has 0 bridgehead atoms. The first kappa shape index (κ1) is 12.3. The van der Waals surface area contributed by atoms with Crippen molar-refractivity contribution < 1.29 is 13.2 Å². The molecule has 0 unspecified atom stereocenters. The van der Waals surface area contributed by atoms with Crippen LogP contribution < -0.4 is 11.2 Å². The van der Waals surface area contributed by atoms with Crippen LogP contribution in [0.1, 0.15) is 20.4 Å². The van der Waals surface area contributed by atoms with E-state index in [2.05, 4.69) is 10.5 Å². The SMILES string of the molecule is CC(C)=NNc1ccc2oc(=O)n(C(F)F)c2c1. The van der Waals surface area contributed by atoms with Crippen LogP contribution in [0.5, 0.6) is 0 Å². The van der Waals surface area contributed by atoms with Crippen LogP contribution in [0.3, 0.4) is 0 Å². The lowest BCUT2D eigenvalue weighted by Gasteiger charge is -2.02. The van der Waals surface area contributed by atoms with Gasteiger partial charge in [-0.1, -0.05) is 0 Å². The van der Waals surface area contributed by atoms with Crippen molar-refractivity contribution in [3.05, 3.63) is 28.7 Å². The van der Waals surface area contributed by atoms with Gasteiger partial charge in [0.2, 0.25) is 0 Å². The van der Waals surface area contributed by atoms with Crippen LogP contribution in [0.2, 0.25) is 0 Å². The molecule has 0 aliphatic carbocycles. The van der Waals surface area contributed by atoms with Crippen LogP contribution in [-0.4, -0.2) is 10.3 Å². The minimum Gasteiger partial charge on any atom is -0.408 e. The molecular formula is C11H11F2N3O2. The van der Waals surface area contributed by atoms with Crippen LogP contribution in [0.25, 0.3) is 11.1 Å². The Bertz CT molecular complexity index is 654. The van der Waals surface area contributed by atoms with Crippen molar-refractivity contribution in [1.82, 2.24) is 4.57 Å². The van der Waals surface area contributed by atoms with E-state index in [4.69, 9.17) is 4.42 Å². The number of fused-ring (bicyclic) bond motifs is 1. The number of benzene rings is 1. The molecule has 0 amide bonds. The number of rotatable bonds is 3. The minimum atomic E-state index is -2.94. The lowest BCUT2D eigenvalue weighted by molar-refractivity contribution is 0.0670. The van der Waals surface area contributed by atoms with Crippen LogP contribution in [-0.2, 0) is 0 Å². The molecule has 2 aromatic rings. The van der Waals surface area contributed by atoms with Gasteiger partial charge < -0.3 is 4.42 Å². The fraction of sp³-hybridized carbons (Fsp3) is 0.273. The van der Waals surface area contributed by atoms with Gasteiger partial charge in [-0.2, -0.15) is 13.9 Å². The number of hydrogen-bond acceptors (Lipinski definition) is 4. The molecule has 1 N–H and O–H groups in total. The summed E-state index contributed by atoms with van der Waals surface area (Å²) in [7, 11) is 0. The third-order valence-corrected chi connectivity index (χ3v) is 2.22. The van der Waals surface area contributed by atoms with Crippen molar-refractivity contribution in [2.75, 3.05) is 5.43 Å². The van der Waals surface area contributed by atoms with Crippen molar-refractivity contribution in [3.63, 3.8) is 0 Å². The number of nitrogens with one attached hydrogen (secondary N) is 1. The highest BCUT2D eigenvalue weighted by Gasteiger charge is 2.16. The average molecular weight is 255 g/mol. The standard InChI is InChI=1S/C11H11F2N3O2/c1-6(2)14-15-7-3-4-9-8(5-7)16(10(12)13)11(17)18-9/h3-5,10,15H,1-2H3. The van der Waals surface area contributed by atoms with Gasteiger partial charge in [0.1, 0.15) is 0 Å². The van der Waals surface area contributed by atoms with Gasteiger partial charge in [-0.3, -0.25) is 5.43 Å². The van der Waals surface area contributed by atoms with Gasteiger partial charge in [-0.15, -0.1) is 0 Å². The van der Waals surface area contributed by atoms with E-state index in [0.717, 1.165) is 5.71 Å². The van der Waals surface area contributed by atoms with Gasteiger partial charge in [-0.25, -0.2) is 9.36 Å². The first-order valence-electron chi connectivity index (χ1n) is 5.19. The van der Waals surface area contributed by atoms with Crippen molar-refractivity contribution in [1.29, 1.82) is 0 Å². The minimum absolute atomic E-state index is 0.0314. The molecule has 96 valence electrons. The normalized spacial score (nSPS) is 10.9. The molecular weight excluding hydrogens is 244 g/mol. The van der Waals surface area contributed by atoms with E-state index in [-0.39, 0.29) is 11.1 Å². The highest BCUT2D eigenvalue weighted by molar-refractivity contribution is 5.81. The number of anilines is 1. The Hall–Kier alpha value is -2.18. The average Bonchev–Trinajstić information content (AvgIpc) is 2.61. The molecule has 1 heterocycles. The maximum Gasteiger partial charge on any atom is 0.424 e. The van der Waals surface area contributed by atoms with Gasteiger partial charge in [-0.05, 0) is 32.0 Å². The second-order valence-electron chi connectivity index (χ2n) is 3.87. The summed E-state index contributed by atoms with van der Waals surface area (Å²) in [5, 5.41) is 3.94. The number of aromatic nitrogens is 1. The van der Waals surface area contributed by atoms with E-state index in [1.54, 1.807) is 19.9 Å². The summed E-state index contributed by atoms with van der Waals surface area (Å²) in [6, 6.07) is 4.42. The molecule has 1 aromatic carbocycles. The van der Waals surface area contributed by atoms with Gasteiger partial charge in [0.25, 0.3) is 0 Å². The lowest BCUT2D eigenvalue weighted by Crippen LogP contribution is -2.14. The van der Waals surface area contributed by atoms with Gasteiger partial charge in [0, 0.05) is 5.71 Å². The Morgan fingerprint density at radius 2 is 2.17 bits per heavy atom. The van der Waals surface area contributed by atoms with Gasteiger partial charge in [0.15, 0.2) is 5.58 Å². The monoisotopic (exact) mass is 255 g/mol. The molecule has 5 nitrogen and oxygen atoms in total. The molecule has 0 saturated heterocycles. The lowest BCUT2D eigenvalue weighted by atomic mass is 10.3. The Morgan fingerprint density at radius 3 is 2.78 bits per heavy atom. The molecule has 7 heteroatoms. The molecule has 2 rings (SSSR count). The van der Waals surface area contributed by atoms with Crippen molar-refractivity contribution in [3.8, 4) is 0 Å². The Labute approximate surface area is 101 Å². The Morgan fingerprint density at radius 1 is 1.44 bits per heavy atom. The number of halogens is 2. The molecule has 0 saturated carbocycles. The smallest absolute Gasteiger partial charge is 0.408 e. The molecule has 0 atom stereocenters. The van der Waals surface area contributed by atoms with E-state index in [1.807, 2.05) is 0 Å². The first-order chi connectivity index (χ1) is 8.49. The molecule has 18 heavy (non-hydrogen) atoms. The highest BCUT2D eigenvalue weighted by Crippen LogP contribution is 2.22. The van der Waals surface area contributed by atoms with Crippen molar-refractivity contribution in [2.24, 2.45) is 5.10 Å². The fourth-order valence-electron chi connectivity index (χ4n) is 1.46. The second kappa shape index (κ2) is 4.59. The summed E-state index contributed by atoms with van der Waals surface area (Å²) in [5.74, 6) is -1.08. The first-order valence-corrected chi connectivity index (χ1v) is 5.19. The summed E-state index contributed by atoms with van der Waals surface area (Å²) in [4.78, 5) is 11.2. The Balaban J connectivity index is 2.52. The summed E-state index contributed by atoms with van der Waals surface area (Å²) >= 11 is 0. The van der Waals surface area contributed by atoms with E-state index < -0.39 is 12.3 Å². The summed E-state index contributed by atoms with van der Waals surface area (Å²) in [5.41, 5.74) is 4.13. The highest BCUT2D eigenvalue weighted by atomic mass is 19.3. The van der Waals surface area contributed by atoms with Crippen molar-refractivity contribution >= 4 is 22.5 Å². The van der Waals surface area contributed by atoms with Crippen LogP contribution in [0.15, 0.2) is 32.5 Å². The molecule has 0 radical (unpaired) electrons. The van der Waals surface area contributed by atoms with E-state index in [1.165, 1.54) is 12.1 Å². The zero-order valence-electron chi connectivity index (χ0n) is 9.78. The van der Waals surface area contributed by atoms with Gasteiger partial charge in [0.05, 0.1) is 11.2 Å². The summed E-state index contributed by atoms with van der Waals surface area (Å²) in [6.07, 6.45) is 0. The molecule has 1 aromatic heterocycles. The van der Waals surface area contributed by atoms with Crippen LogP contribution in [0.4, 0.5) is 14.5 Å². The van der Waals surface area contributed by atoms with Gasteiger partial charge >= 0.3 is 12.3 Å². The summed E-state index contributed by atoms with van der Waals surface area (Å²) < 4.78 is 30.4. The Kier molecular flexibility index (Phi) is 3.14. The third-order valence-electron chi connectivity index (χ3n) is 2.22. The molecule has 0 fully saturated rings. The predicted octanol–water partition coefficient (Wildman–Crippen LogP) is 2.80. The zero-order chi connectivity index (χ0) is 13.3. The maximum absolute atomic E-state index is 12.7. The largest absolute Gasteiger partial charge is 0.424 e. The quantitative estimate of drug-likeness (QED) is 0.677. The molecule has 0 spiro atoms. The van der Waals surface area contributed by atoms with Crippen LogP contribution in [0, 0.1) is 0 Å². The number of hydrogen-bond donors (Lipinski definition) is 1. The number of alkyl halides is 2. The fourth-order valence-corrected chi connectivity index (χ4v) is 1.46. The third kappa shape index (κ3) is 2.24. The zero-order valence-corrected chi connectivity index (χ0v) is 9.78. The number of oxazole rings is 1. The second-order valence-corrected chi connectivity index (χ2v) is 3.87. The molecule has 0 aliphatic rings. The number of hydrazone groups is 1. The topological polar surface area (TPSA) is 59.5 Å². The van der Waals surface area contributed by atoms with E-state index >= 15 is 0 Å². The predicted molar refractivity (Wildman–Crippen MR) is 64.1 cm³/mol. The van der Waals surface area contributed by atoms with E-state index in [9.17, 15) is 13.6 Å². The van der Waals surface area contributed by atoms with Crippen LogP contribution >= 0.6 is 0 Å². The van der Waals surface area contributed by atoms with E-state index in [0.29, 0.717) is 10.3 Å².